The molecule has 2 heterocycles. The molecule has 3 rings (SSSR count). The Morgan fingerprint density at radius 3 is 3.00 bits per heavy atom. The molecular weight excluding hydrogens is 272 g/mol. The van der Waals surface area contributed by atoms with E-state index in [-0.39, 0.29) is 6.54 Å². The predicted octanol–water partition coefficient (Wildman–Crippen LogP) is 1.21. The zero-order chi connectivity index (χ0) is 14.8. The summed E-state index contributed by atoms with van der Waals surface area (Å²) in [6.45, 7) is 0.649. The molecule has 0 spiro atoms. The lowest BCUT2D eigenvalue weighted by Gasteiger charge is -2.14. The molecule has 0 saturated heterocycles. The van der Waals surface area contributed by atoms with Crippen molar-refractivity contribution in [1.29, 1.82) is 0 Å². The fourth-order valence-corrected chi connectivity index (χ4v) is 2.72. The summed E-state index contributed by atoms with van der Waals surface area (Å²) >= 11 is 0. The average Bonchev–Trinajstić information content (AvgIpc) is 2.85. The van der Waals surface area contributed by atoms with Crippen molar-refractivity contribution in [2.45, 2.75) is 19.4 Å². The number of nitrogens with one attached hydrogen (secondary N) is 3. The summed E-state index contributed by atoms with van der Waals surface area (Å²) in [5.74, 6) is -0.673. The van der Waals surface area contributed by atoms with Gasteiger partial charge in [-0.15, -0.1) is 0 Å². The molecule has 3 amide bonds. The van der Waals surface area contributed by atoms with Gasteiger partial charge in [-0.1, -0.05) is 18.2 Å². The average molecular weight is 288 g/mol. The van der Waals surface area contributed by atoms with Gasteiger partial charge >= 0.3 is 6.03 Å². The Morgan fingerprint density at radius 2 is 2.19 bits per heavy atom. The van der Waals surface area contributed by atoms with Crippen LogP contribution in [0.15, 0.2) is 24.4 Å². The standard InChI is InChI=1S/C14H16N4O3/c19-12(17-21)7-15-14(20)16-11-8-18-6-2-4-9-3-1-5-10(11)13(9)18/h1,3,5,8,21H,2,4,6-7H2,(H,17,19)(H2,15,16,20). The Hall–Kier alpha value is -2.54. The summed E-state index contributed by atoms with van der Waals surface area (Å²) in [5, 5.41) is 14.5. The fourth-order valence-electron chi connectivity index (χ4n) is 2.72. The number of carbonyl (C=O) groups is 2. The number of hydrogen-bond donors (Lipinski definition) is 4. The first-order chi connectivity index (χ1) is 10.2. The molecule has 110 valence electrons. The van der Waals surface area contributed by atoms with Crippen LogP contribution in [0.2, 0.25) is 0 Å². The van der Waals surface area contributed by atoms with Gasteiger partial charge in [0.15, 0.2) is 0 Å². The van der Waals surface area contributed by atoms with Crippen LogP contribution in [0.4, 0.5) is 10.5 Å². The summed E-state index contributed by atoms with van der Waals surface area (Å²) in [5.41, 5.74) is 4.62. The smallest absolute Gasteiger partial charge is 0.319 e. The molecule has 1 aromatic carbocycles. The van der Waals surface area contributed by atoms with E-state index in [0.717, 1.165) is 36.0 Å². The maximum atomic E-state index is 11.8. The Kier molecular flexibility index (Phi) is 3.49. The van der Waals surface area contributed by atoms with E-state index in [0.29, 0.717) is 0 Å². The van der Waals surface area contributed by atoms with Crippen LogP contribution in [-0.4, -0.2) is 28.3 Å². The molecule has 2 aromatic rings. The van der Waals surface area contributed by atoms with Crippen molar-refractivity contribution in [1.82, 2.24) is 15.4 Å². The van der Waals surface area contributed by atoms with Crippen LogP contribution in [0.1, 0.15) is 12.0 Å². The number of nitrogens with zero attached hydrogens (tertiary/aromatic N) is 1. The van der Waals surface area contributed by atoms with E-state index in [1.807, 2.05) is 18.3 Å². The van der Waals surface area contributed by atoms with E-state index in [9.17, 15) is 9.59 Å². The Bertz CT molecular complexity index is 708. The van der Waals surface area contributed by atoms with Gasteiger partial charge in [-0.05, 0) is 18.4 Å². The second-order valence-corrected chi connectivity index (χ2v) is 5.00. The summed E-state index contributed by atoms with van der Waals surface area (Å²) < 4.78 is 2.14. The number of aromatic nitrogens is 1. The minimum Gasteiger partial charge on any atom is -0.345 e. The first-order valence-electron chi connectivity index (χ1n) is 6.77. The monoisotopic (exact) mass is 288 g/mol. The van der Waals surface area contributed by atoms with Gasteiger partial charge in [0.1, 0.15) is 6.54 Å². The van der Waals surface area contributed by atoms with Crippen molar-refractivity contribution in [2.24, 2.45) is 0 Å². The number of para-hydroxylation sites is 1. The minimum atomic E-state index is -0.673. The lowest BCUT2D eigenvalue weighted by molar-refractivity contribution is -0.128. The van der Waals surface area contributed by atoms with E-state index in [2.05, 4.69) is 21.3 Å². The van der Waals surface area contributed by atoms with Gasteiger partial charge in [0.25, 0.3) is 5.91 Å². The number of benzene rings is 1. The summed E-state index contributed by atoms with van der Waals surface area (Å²) in [6, 6.07) is 5.57. The van der Waals surface area contributed by atoms with Crippen molar-refractivity contribution in [3.05, 3.63) is 30.0 Å². The van der Waals surface area contributed by atoms with Gasteiger partial charge in [-0.2, -0.15) is 0 Å². The number of anilines is 1. The first-order valence-corrected chi connectivity index (χ1v) is 6.77. The number of aryl methyl sites for hydroxylation is 2. The topological polar surface area (TPSA) is 95.4 Å². The number of hydrogen-bond acceptors (Lipinski definition) is 3. The largest absolute Gasteiger partial charge is 0.345 e. The molecule has 21 heavy (non-hydrogen) atoms. The molecule has 0 atom stereocenters. The second-order valence-electron chi connectivity index (χ2n) is 5.00. The van der Waals surface area contributed by atoms with Crippen LogP contribution in [0.5, 0.6) is 0 Å². The number of urea groups is 1. The van der Waals surface area contributed by atoms with Crippen LogP contribution in [-0.2, 0) is 17.8 Å². The summed E-state index contributed by atoms with van der Waals surface area (Å²) in [4.78, 5) is 22.7. The number of carbonyl (C=O) groups excluding carboxylic acids is 2. The van der Waals surface area contributed by atoms with E-state index in [1.165, 1.54) is 11.0 Å². The molecule has 7 nitrogen and oxygen atoms in total. The van der Waals surface area contributed by atoms with Gasteiger partial charge in [0, 0.05) is 18.1 Å². The lowest BCUT2D eigenvalue weighted by Crippen LogP contribution is -2.37. The third kappa shape index (κ3) is 2.55. The number of hydroxylamine groups is 1. The van der Waals surface area contributed by atoms with Gasteiger partial charge < -0.3 is 15.2 Å². The molecule has 0 aliphatic carbocycles. The van der Waals surface area contributed by atoms with E-state index < -0.39 is 11.9 Å². The molecule has 0 unspecified atom stereocenters. The molecular formula is C14H16N4O3. The molecule has 0 saturated carbocycles. The fraction of sp³-hybridized carbons (Fsp3) is 0.286. The van der Waals surface area contributed by atoms with Crippen molar-refractivity contribution in [3.63, 3.8) is 0 Å². The highest BCUT2D eigenvalue weighted by Crippen LogP contribution is 2.32. The highest BCUT2D eigenvalue weighted by atomic mass is 16.5. The van der Waals surface area contributed by atoms with Gasteiger partial charge in [0.05, 0.1) is 11.2 Å². The molecule has 1 aromatic heterocycles. The van der Waals surface area contributed by atoms with Crippen molar-refractivity contribution in [3.8, 4) is 0 Å². The zero-order valence-electron chi connectivity index (χ0n) is 11.3. The molecule has 7 heteroatoms. The quantitative estimate of drug-likeness (QED) is 0.505. The number of amides is 3. The lowest BCUT2D eigenvalue weighted by atomic mass is 10.0. The molecule has 0 radical (unpaired) electrons. The highest BCUT2D eigenvalue weighted by molar-refractivity contribution is 6.03. The molecule has 1 aliphatic rings. The third-order valence-electron chi connectivity index (χ3n) is 3.61. The van der Waals surface area contributed by atoms with Crippen LogP contribution in [0, 0.1) is 0 Å². The molecule has 4 N–H and O–H groups in total. The maximum absolute atomic E-state index is 11.8. The van der Waals surface area contributed by atoms with E-state index >= 15 is 0 Å². The summed E-state index contributed by atoms with van der Waals surface area (Å²) in [6.07, 6.45) is 4.05. The van der Waals surface area contributed by atoms with Gasteiger partial charge in [-0.3, -0.25) is 10.0 Å². The van der Waals surface area contributed by atoms with E-state index in [1.54, 1.807) is 0 Å². The third-order valence-corrected chi connectivity index (χ3v) is 3.61. The zero-order valence-corrected chi connectivity index (χ0v) is 11.3. The van der Waals surface area contributed by atoms with Gasteiger partial charge in [-0.25, -0.2) is 10.3 Å². The first kappa shape index (κ1) is 13.4. The van der Waals surface area contributed by atoms with Crippen LogP contribution in [0.3, 0.4) is 0 Å². The minimum absolute atomic E-state index is 0.285. The molecule has 0 bridgehead atoms. The van der Waals surface area contributed by atoms with Crippen LogP contribution < -0.4 is 16.1 Å². The highest BCUT2D eigenvalue weighted by Gasteiger charge is 2.17. The Labute approximate surface area is 120 Å². The Balaban J connectivity index is 1.81. The second kappa shape index (κ2) is 5.45. The SMILES string of the molecule is O=C(CNC(=O)Nc1cn2c3c(cccc13)CCC2)NO. The number of rotatable bonds is 3. The summed E-state index contributed by atoms with van der Waals surface area (Å²) in [7, 11) is 0. The van der Waals surface area contributed by atoms with Gasteiger partial charge in [0.2, 0.25) is 0 Å². The van der Waals surface area contributed by atoms with Crippen LogP contribution in [0.25, 0.3) is 10.9 Å². The van der Waals surface area contributed by atoms with Crippen molar-refractivity contribution in [2.75, 3.05) is 11.9 Å². The van der Waals surface area contributed by atoms with Crippen molar-refractivity contribution >= 4 is 28.5 Å². The van der Waals surface area contributed by atoms with Crippen molar-refractivity contribution < 1.29 is 14.8 Å². The molecule has 1 aliphatic heterocycles. The van der Waals surface area contributed by atoms with Crippen LogP contribution >= 0.6 is 0 Å². The normalized spacial score (nSPS) is 13.0. The molecule has 0 fully saturated rings. The maximum Gasteiger partial charge on any atom is 0.319 e. The Morgan fingerprint density at radius 1 is 1.33 bits per heavy atom. The van der Waals surface area contributed by atoms with E-state index in [4.69, 9.17) is 5.21 Å². The predicted molar refractivity (Wildman–Crippen MR) is 77.2 cm³/mol.